The highest BCUT2D eigenvalue weighted by molar-refractivity contribution is 5.99. The van der Waals surface area contributed by atoms with Crippen LogP contribution >= 0.6 is 0 Å². The van der Waals surface area contributed by atoms with Crippen LogP contribution in [-0.2, 0) is 0 Å². The monoisotopic (exact) mass is 472 g/mol. The summed E-state index contributed by atoms with van der Waals surface area (Å²) in [6.45, 7) is 0. The molecule has 0 fully saturated rings. The Kier molecular flexibility index (Phi) is 5.95. The Labute approximate surface area is 217 Å². The van der Waals surface area contributed by atoms with Gasteiger partial charge in [0.1, 0.15) is 0 Å². The van der Waals surface area contributed by atoms with Gasteiger partial charge in [0, 0.05) is 16.8 Å². The maximum atomic E-state index is 9.98. The Morgan fingerprint density at radius 2 is 1.22 bits per heavy atom. The van der Waals surface area contributed by atoms with Gasteiger partial charge in [-0.1, -0.05) is 103 Å². The minimum absolute atomic E-state index is 0.637. The number of nitrogens with zero attached hydrogens (tertiary/aromatic N) is 2. The molecule has 0 bridgehead atoms. The molecule has 0 N–H and O–H groups in total. The van der Waals surface area contributed by atoms with Gasteiger partial charge in [-0.3, -0.25) is 0 Å². The van der Waals surface area contributed by atoms with E-state index in [0.29, 0.717) is 5.57 Å². The van der Waals surface area contributed by atoms with Crippen LogP contribution in [0.2, 0.25) is 0 Å². The number of para-hydroxylation sites is 1. The van der Waals surface area contributed by atoms with Gasteiger partial charge >= 0.3 is 0 Å². The summed E-state index contributed by atoms with van der Waals surface area (Å²) in [5.41, 5.74) is 5.78. The molecular formula is C35H24N2. The van der Waals surface area contributed by atoms with Crippen LogP contribution < -0.4 is 4.90 Å². The summed E-state index contributed by atoms with van der Waals surface area (Å²) in [6.07, 6.45) is 1.96. The lowest BCUT2D eigenvalue weighted by molar-refractivity contribution is 1.29. The molecule has 37 heavy (non-hydrogen) atoms. The first-order chi connectivity index (χ1) is 18.3. The van der Waals surface area contributed by atoms with Gasteiger partial charge in [0.2, 0.25) is 0 Å². The van der Waals surface area contributed by atoms with E-state index < -0.39 is 0 Å². The third-order valence-corrected chi connectivity index (χ3v) is 6.66. The van der Waals surface area contributed by atoms with Gasteiger partial charge in [0.15, 0.2) is 0 Å². The molecule has 0 radical (unpaired) electrons. The Balaban J connectivity index is 1.41. The third-order valence-electron chi connectivity index (χ3n) is 6.66. The summed E-state index contributed by atoms with van der Waals surface area (Å²) in [4.78, 5) is 2.27. The van der Waals surface area contributed by atoms with E-state index in [1.807, 2.05) is 36.4 Å². The second-order valence-corrected chi connectivity index (χ2v) is 8.99. The topological polar surface area (TPSA) is 27.0 Å². The van der Waals surface area contributed by atoms with E-state index in [9.17, 15) is 5.26 Å². The summed E-state index contributed by atoms with van der Waals surface area (Å²) < 4.78 is 0. The van der Waals surface area contributed by atoms with E-state index in [-0.39, 0.29) is 0 Å². The highest BCUT2D eigenvalue weighted by Gasteiger charge is 2.15. The van der Waals surface area contributed by atoms with Crippen LogP contribution in [0.4, 0.5) is 17.1 Å². The van der Waals surface area contributed by atoms with Crippen LogP contribution in [0.15, 0.2) is 140 Å². The van der Waals surface area contributed by atoms with Crippen molar-refractivity contribution in [2.24, 2.45) is 0 Å². The highest BCUT2D eigenvalue weighted by Crippen LogP contribution is 2.39. The smallest absolute Gasteiger partial charge is 0.0998 e. The molecular weight excluding hydrogens is 448 g/mol. The van der Waals surface area contributed by atoms with Gasteiger partial charge in [-0.15, -0.1) is 0 Å². The van der Waals surface area contributed by atoms with E-state index in [1.54, 1.807) is 0 Å². The molecule has 174 valence electrons. The van der Waals surface area contributed by atoms with Crippen molar-refractivity contribution in [1.82, 2.24) is 0 Å². The molecule has 0 heterocycles. The van der Waals surface area contributed by atoms with Gasteiger partial charge in [-0.25, -0.2) is 0 Å². The molecule has 0 aliphatic rings. The van der Waals surface area contributed by atoms with Crippen molar-refractivity contribution in [2.45, 2.75) is 0 Å². The van der Waals surface area contributed by atoms with Crippen molar-refractivity contribution in [3.05, 3.63) is 151 Å². The second kappa shape index (κ2) is 9.85. The zero-order chi connectivity index (χ0) is 25.0. The first-order valence-electron chi connectivity index (χ1n) is 12.3. The van der Waals surface area contributed by atoms with E-state index in [4.69, 9.17) is 0 Å². The van der Waals surface area contributed by atoms with Crippen molar-refractivity contribution in [3.8, 4) is 6.07 Å². The van der Waals surface area contributed by atoms with Crippen molar-refractivity contribution in [3.63, 3.8) is 0 Å². The van der Waals surface area contributed by atoms with Gasteiger partial charge in [-0.05, 0) is 69.8 Å². The number of rotatable bonds is 5. The number of hydrogen-bond acceptors (Lipinski definition) is 2. The zero-order valence-corrected chi connectivity index (χ0v) is 20.3. The fraction of sp³-hybridized carbons (Fsp3) is 0. The summed E-state index contributed by atoms with van der Waals surface area (Å²) in [6, 6.07) is 50.4. The van der Waals surface area contributed by atoms with Crippen LogP contribution in [0.5, 0.6) is 0 Å². The Hall–Kier alpha value is -5.13. The number of hydrogen-bond donors (Lipinski definition) is 0. The SMILES string of the molecule is N#C/C(=C/c1ccc2ccccc2c1)c1ccc(N(c2ccccc2)c2cccc3ccccc23)cc1. The minimum atomic E-state index is 0.637. The first-order valence-corrected chi connectivity index (χ1v) is 12.3. The van der Waals surface area contributed by atoms with Crippen LogP contribution in [0.1, 0.15) is 11.1 Å². The second-order valence-electron chi connectivity index (χ2n) is 8.99. The summed E-state index contributed by atoms with van der Waals surface area (Å²) in [5, 5.41) is 14.7. The van der Waals surface area contributed by atoms with Crippen molar-refractivity contribution in [1.29, 1.82) is 5.26 Å². The molecule has 2 heteroatoms. The maximum absolute atomic E-state index is 9.98. The van der Waals surface area contributed by atoms with Crippen molar-refractivity contribution < 1.29 is 0 Å². The minimum Gasteiger partial charge on any atom is -0.310 e. The van der Waals surface area contributed by atoms with E-state index in [1.165, 1.54) is 16.2 Å². The Morgan fingerprint density at radius 3 is 2.00 bits per heavy atom. The van der Waals surface area contributed by atoms with Crippen LogP contribution in [0, 0.1) is 11.3 Å². The molecule has 0 saturated heterocycles. The molecule has 0 atom stereocenters. The van der Waals surface area contributed by atoms with E-state index >= 15 is 0 Å². The number of anilines is 3. The van der Waals surface area contributed by atoms with Gasteiger partial charge < -0.3 is 4.90 Å². The van der Waals surface area contributed by atoms with Gasteiger partial charge in [0.05, 0.1) is 17.3 Å². The molecule has 0 aliphatic carbocycles. The molecule has 0 unspecified atom stereocenters. The predicted octanol–water partition coefficient (Wildman–Crippen LogP) is 9.53. The molecule has 0 amide bonds. The molecule has 0 aromatic heterocycles. The lowest BCUT2D eigenvalue weighted by Gasteiger charge is -2.27. The van der Waals surface area contributed by atoms with Crippen molar-refractivity contribution >= 4 is 50.3 Å². The summed E-state index contributed by atoms with van der Waals surface area (Å²) in [5.74, 6) is 0. The summed E-state index contributed by atoms with van der Waals surface area (Å²) >= 11 is 0. The number of fused-ring (bicyclic) bond motifs is 2. The average molecular weight is 473 g/mol. The molecule has 6 rings (SSSR count). The third kappa shape index (κ3) is 4.47. The predicted molar refractivity (Wildman–Crippen MR) is 156 cm³/mol. The van der Waals surface area contributed by atoms with Gasteiger partial charge in [0.25, 0.3) is 0 Å². The summed E-state index contributed by atoms with van der Waals surface area (Å²) in [7, 11) is 0. The molecule has 6 aromatic rings. The largest absolute Gasteiger partial charge is 0.310 e. The lowest BCUT2D eigenvalue weighted by atomic mass is 10.0. The normalized spacial score (nSPS) is 11.4. The zero-order valence-electron chi connectivity index (χ0n) is 20.3. The number of allylic oxidation sites excluding steroid dienone is 1. The quantitative estimate of drug-likeness (QED) is 0.184. The lowest BCUT2D eigenvalue weighted by Crippen LogP contribution is -2.10. The number of benzene rings is 6. The number of nitriles is 1. The molecule has 0 aliphatic heterocycles. The molecule has 0 saturated carbocycles. The average Bonchev–Trinajstić information content (AvgIpc) is 2.97. The standard InChI is InChI=1S/C35H24N2/c36-25-31(24-26-17-18-27-9-4-5-11-30(27)23-26)28-19-21-33(22-20-28)37(32-13-2-1-3-14-32)35-16-8-12-29-10-6-7-15-34(29)35/h1-24H/b31-24-. The molecule has 2 nitrogen and oxygen atoms in total. The van der Waals surface area contributed by atoms with Crippen molar-refractivity contribution in [2.75, 3.05) is 4.90 Å². The Morgan fingerprint density at radius 1 is 0.568 bits per heavy atom. The van der Waals surface area contributed by atoms with Crippen LogP contribution in [-0.4, -0.2) is 0 Å². The van der Waals surface area contributed by atoms with E-state index in [2.05, 4.69) is 120 Å². The van der Waals surface area contributed by atoms with E-state index in [0.717, 1.165) is 33.6 Å². The van der Waals surface area contributed by atoms with Crippen LogP contribution in [0.3, 0.4) is 0 Å². The first kappa shape index (κ1) is 22.3. The fourth-order valence-corrected chi connectivity index (χ4v) is 4.84. The maximum Gasteiger partial charge on any atom is 0.0998 e. The molecule has 0 spiro atoms. The highest BCUT2D eigenvalue weighted by atomic mass is 15.1. The Bertz CT molecular complexity index is 1770. The van der Waals surface area contributed by atoms with Crippen LogP contribution in [0.25, 0.3) is 33.2 Å². The van der Waals surface area contributed by atoms with Gasteiger partial charge in [-0.2, -0.15) is 5.26 Å². The molecule has 6 aromatic carbocycles. The fourth-order valence-electron chi connectivity index (χ4n) is 4.84.